The van der Waals surface area contributed by atoms with E-state index in [1.54, 1.807) is 55.0 Å². The van der Waals surface area contributed by atoms with Crippen LogP contribution in [0.1, 0.15) is 106 Å². The molecule has 9 N–H and O–H groups in total. The van der Waals surface area contributed by atoms with E-state index in [9.17, 15) is 43.0 Å². The Kier molecular flexibility index (Phi) is 20.3. The third-order valence-corrected chi connectivity index (χ3v) is 13.6. The molecule has 0 bridgehead atoms. The number of H-pyrrole nitrogens is 3. The van der Waals surface area contributed by atoms with E-state index in [1.165, 1.54) is 4.57 Å². The molecule has 4 amide bonds. The highest BCUT2D eigenvalue weighted by Crippen LogP contribution is 2.28. The quantitative estimate of drug-likeness (QED) is 0.0263. The van der Waals surface area contributed by atoms with Crippen LogP contribution in [0.2, 0.25) is 0 Å². The van der Waals surface area contributed by atoms with Crippen molar-refractivity contribution in [3.63, 3.8) is 0 Å². The predicted octanol–water partition coefficient (Wildman–Crippen LogP) is 10.4. The van der Waals surface area contributed by atoms with E-state index in [2.05, 4.69) is 36.2 Å². The molecule has 0 aliphatic heterocycles. The molecule has 18 heteroatoms. The molecule has 4 aromatic carbocycles. The van der Waals surface area contributed by atoms with Crippen LogP contribution in [0.15, 0.2) is 97.6 Å². The van der Waals surface area contributed by atoms with Crippen LogP contribution in [0.3, 0.4) is 0 Å². The number of aromatic hydroxyl groups is 2. The highest BCUT2D eigenvalue weighted by molar-refractivity contribution is 5.96. The number of halogens is 2. The molecule has 420 valence electrons. The van der Waals surface area contributed by atoms with Gasteiger partial charge >= 0.3 is 6.09 Å². The third kappa shape index (κ3) is 16.4. The van der Waals surface area contributed by atoms with Crippen molar-refractivity contribution in [1.82, 2.24) is 40.8 Å². The largest absolute Gasteiger partial charge is 0.508 e. The van der Waals surface area contributed by atoms with Crippen molar-refractivity contribution < 1.29 is 47.7 Å². The van der Waals surface area contributed by atoms with E-state index >= 15 is 0 Å². The maximum atomic E-state index is 13.5. The summed E-state index contributed by atoms with van der Waals surface area (Å²) in [6.07, 6.45) is 12.7. The molecule has 0 spiro atoms. The number of amides is 4. The van der Waals surface area contributed by atoms with Gasteiger partial charge in [-0.25, -0.2) is 4.79 Å². The maximum absolute atomic E-state index is 13.5. The number of hydrogen-bond acceptors (Lipinski definition) is 8. The fourth-order valence-electron chi connectivity index (χ4n) is 9.63. The van der Waals surface area contributed by atoms with Crippen LogP contribution in [-0.2, 0) is 49.6 Å². The second-order valence-electron chi connectivity index (χ2n) is 21.3. The van der Waals surface area contributed by atoms with Crippen LogP contribution in [0, 0.1) is 13.8 Å². The number of carbonyl (C=O) groups excluding carboxylic acids is 5. The number of aromatic amines is 3. The first-order chi connectivity index (χ1) is 37.9. The van der Waals surface area contributed by atoms with Crippen molar-refractivity contribution in [3.8, 4) is 11.5 Å². The Labute approximate surface area is 458 Å². The highest BCUT2D eigenvalue weighted by atomic mass is 19.1. The molecule has 0 aliphatic carbocycles. The van der Waals surface area contributed by atoms with E-state index < -0.39 is 23.8 Å². The average Bonchev–Trinajstić information content (AvgIpc) is 4.26. The molecule has 2 atom stereocenters. The van der Waals surface area contributed by atoms with Gasteiger partial charge in [0.2, 0.25) is 23.6 Å². The van der Waals surface area contributed by atoms with Crippen molar-refractivity contribution in [3.05, 3.63) is 131 Å². The lowest BCUT2D eigenvalue weighted by Crippen LogP contribution is -2.48. The molecule has 0 saturated heterocycles. The van der Waals surface area contributed by atoms with Gasteiger partial charge in [0.1, 0.15) is 29.2 Å². The van der Waals surface area contributed by atoms with Crippen molar-refractivity contribution in [1.29, 1.82) is 0 Å². The fraction of sp³-hybridized carbons (Fsp3) is 0.393. The molecular formula is C61H74F2N8O8. The molecule has 8 aromatic rings. The maximum Gasteiger partial charge on any atom is 0.419 e. The van der Waals surface area contributed by atoms with Gasteiger partial charge in [-0.1, -0.05) is 48.9 Å². The number of benzene rings is 4. The zero-order valence-corrected chi connectivity index (χ0v) is 45.8. The Balaban J connectivity index is 0.000000232. The first-order valence-electron chi connectivity index (χ1n) is 27.1. The van der Waals surface area contributed by atoms with E-state index in [4.69, 9.17) is 4.74 Å². The number of fused-ring (bicyclic) bond motifs is 4. The van der Waals surface area contributed by atoms with E-state index in [-0.39, 0.29) is 74.2 Å². The van der Waals surface area contributed by atoms with Gasteiger partial charge in [0.15, 0.2) is 0 Å². The standard InChI is InChI=1S/C34H43FN4O4.C27H31FN4O4/c1-22-10-12-28-26(16-22)24(20-37-28)19-31(40)38-29(32(41)36-15-9-7-6-8-14-35)18-25-21-39(33(42)43-34(3,4)5)30-13-11-23(2)17-27(25)30;28-9-3-1-2-4-10-29-27(36)25(11-17-15-30-23-7-5-19(33)13-21(17)23)32-26(35)12-18-16-31-24-8-6-20(34)14-22(18)24/h10-13,16-17,20-21,29,37H,6-9,14-15,18-19H2,1-5H3,(H,36,41)(H,38,40);5-8,13-16,25,30-31,33-34H,1-4,9-12H2,(H,29,36)(H,32,35)/t29-;25-/m00/s1. The van der Waals surface area contributed by atoms with Crippen LogP contribution in [0.4, 0.5) is 13.6 Å². The lowest BCUT2D eigenvalue weighted by molar-refractivity contribution is -0.128. The van der Waals surface area contributed by atoms with Gasteiger partial charge in [-0.05, 0) is 143 Å². The zero-order chi connectivity index (χ0) is 56.6. The van der Waals surface area contributed by atoms with Crippen molar-refractivity contribution in [2.75, 3.05) is 26.4 Å². The summed E-state index contributed by atoms with van der Waals surface area (Å²) < 4.78 is 31.8. The van der Waals surface area contributed by atoms with Crippen LogP contribution >= 0.6 is 0 Å². The van der Waals surface area contributed by atoms with Crippen LogP contribution in [0.5, 0.6) is 11.5 Å². The number of hydrogen-bond donors (Lipinski definition) is 9. The smallest absolute Gasteiger partial charge is 0.419 e. The Morgan fingerprint density at radius 3 is 1.49 bits per heavy atom. The molecule has 0 unspecified atom stereocenters. The van der Waals surface area contributed by atoms with Gasteiger partial charge in [-0.2, -0.15) is 0 Å². The fourth-order valence-corrected chi connectivity index (χ4v) is 9.63. The Hall–Kier alpha value is -8.15. The molecule has 16 nitrogen and oxygen atoms in total. The summed E-state index contributed by atoms with van der Waals surface area (Å²) >= 11 is 0. The summed E-state index contributed by atoms with van der Waals surface area (Å²) in [6, 6.07) is 20.0. The van der Waals surface area contributed by atoms with Gasteiger partial charge in [-0.15, -0.1) is 0 Å². The molecule has 4 heterocycles. The summed E-state index contributed by atoms with van der Waals surface area (Å²) in [5.74, 6) is -0.999. The van der Waals surface area contributed by atoms with Crippen molar-refractivity contribution in [2.45, 2.75) is 129 Å². The summed E-state index contributed by atoms with van der Waals surface area (Å²) in [5.41, 5.74) is 7.75. The molecule has 0 radical (unpaired) electrons. The molecule has 4 aromatic heterocycles. The Morgan fingerprint density at radius 2 is 0.987 bits per heavy atom. The molecular weight excluding hydrogens is 1010 g/mol. The number of alkyl halides is 2. The van der Waals surface area contributed by atoms with Crippen LogP contribution < -0.4 is 21.3 Å². The third-order valence-electron chi connectivity index (χ3n) is 13.6. The van der Waals surface area contributed by atoms with Crippen molar-refractivity contribution in [2.24, 2.45) is 0 Å². The lowest BCUT2D eigenvalue weighted by atomic mass is 10.0. The number of aromatic nitrogens is 4. The normalized spacial score (nSPS) is 12.3. The summed E-state index contributed by atoms with van der Waals surface area (Å²) in [7, 11) is 0. The second kappa shape index (κ2) is 27.4. The monoisotopic (exact) mass is 1080 g/mol. The number of aryl methyl sites for hydroxylation is 2. The number of rotatable bonds is 24. The van der Waals surface area contributed by atoms with E-state index in [0.29, 0.717) is 37.0 Å². The molecule has 0 fully saturated rings. The predicted molar refractivity (Wildman–Crippen MR) is 305 cm³/mol. The highest BCUT2D eigenvalue weighted by Gasteiger charge is 2.27. The molecule has 0 aliphatic rings. The number of nitrogens with one attached hydrogen (secondary N) is 7. The lowest BCUT2D eigenvalue weighted by Gasteiger charge is -2.20. The minimum atomic E-state index is -0.872. The summed E-state index contributed by atoms with van der Waals surface area (Å²) in [5, 5.41) is 34.7. The Bertz CT molecular complexity index is 3390. The van der Waals surface area contributed by atoms with E-state index in [1.807, 2.05) is 77.2 Å². The van der Waals surface area contributed by atoms with Gasteiger partial charge in [0.25, 0.3) is 0 Å². The summed E-state index contributed by atoms with van der Waals surface area (Å²) in [6.45, 7) is 9.59. The van der Waals surface area contributed by atoms with Gasteiger partial charge in [0, 0.05) is 88.8 Å². The SMILES string of the molecule is Cc1ccc2[nH]cc(CC(=O)N[C@@H](Cc3cn(C(=O)OC(C)(C)C)c4ccc(C)cc34)C(=O)NCCCCCCF)c2c1.O=C(Cc1c[nH]c2ccc(O)cc12)N[C@@H](Cc1c[nH]c2ccc(O)cc12)C(=O)NCCCCCCF. The summed E-state index contributed by atoms with van der Waals surface area (Å²) in [4.78, 5) is 75.4. The van der Waals surface area contributed by atoms with Crippen molar-refractivity contribution >= 4 is 73.3 Å². The number of phenolic OH excluding ortho intramolecular Hbond substituents is 2. The molecule has 0 saturated carbocycles. The number of phenols is 2. The van der Waals surface area contributed by atoms with Gasteiger partial charge in [-0.3, -0.25) is 32.5 Å². The first kappa shape index (κ1) is 58.5. The minimum absolute atomic E-state index is 0.0329. The number of nitrogens with zero attached hydrogens (tertiary/aromatic N) is 1. The average molecular weight is 1090 g/mol. The number of unbranched alkanes of at least 4 members (excludes halogenated alkanes) is 6. The number of ether oxygens (including phenoxy) is 1. The molecule has 8 rings (SSSR count). The van der Waals surface area contributed by atoms with E-state index in [0.717, 1.165) is 104 Å². The second-order valence-corrected chi connectivity index (χ2v) is 21.3. The Morgan fingerprint density at radius 1 is 0.557 bits per heavy atom. The molecule has 79 heavy (non-hydrogen) atoms. The van der Waals surface area contributed by atoms with Gasteiger partial charge in [0.05, 0.1) is 31.7 Å². The number of carbonyl (C=O) groups is 5. The topological polar surface area (TPSA) is 235 Å². The minimum Gasteiger partial charge on any atom is -0.508 e. The van der Waals surface area contributed by atoms with Crippen LogP contribution in [0.25, 0.3) is 43.6 Å². The van der Waals surface area contributed by atoms with Crippen LogP contribution in [-0.4, -0.2) is 104 Å². The zero-order valence-electron chi connectivity index (χ0n) is 45.8. The first-order valence-corrected chi connectivity index (χ1v) is 27.1. The van der Waals surface area contributed by atoms with Gasteiger partial charge < -0.3 is 51.2 Å².